The summed E-state index contributed by atoms with van der Waals surface area (Å²) in [5, 5.41) is 6.79. The Hall–Kier alpha value is -0.0800. The molecule has 70 valence electrons. The minimum atomic E-state index is 0.756. The van der Waals surface area contributed by atoms with Crippen molar-refractivity contribution in [2.45, 2.75) is 25.7 Å². The summed E-state index contributed by atoms with van der Waals surface area (Å²) < 4.78 is 0. The molecule has 0 amide bonds. The van der Waals surface area contributed by atoms with Gasteiger partial charge in [-0.1, -0.05) is 0 Å². The smallest absolute Gasteiger partial charge is 0.00180 e. The van der Waals surface area contributed by atoms with Gasteiger partial charge in [-0.25, -0.2) is 0 Å². The van der Waals surface area contributed by atoms with Crippen molar-refractivity contribution in [1.29, 1.82) is 0 Å². The van der Waals surface area contributed by atoms with E-state index in [-0.39, 0.29) is 0 Å². The van der Waals surface area contributed by atoms with Gasteiger partial charge in [-0.05, 0) is 63.7 Å². The van der Waals surface area contributed by atoms with Crippen molar-refractivity contribution in [3.8, 4) is 0 Å². The van der Waals surface area contributed by atoms with E-state index in [0.29, 0.717) is 0 Å². The predicted octanol–water partition coefficient (Wildman–Crippen LogP) is 0.986. The first-order valence-electron chi connectivity index (χ1n) is 5.23. The van der Waals surface area contributed by atoms with Gasteiger partial charge in [-0.3, -0.25) is 0 Å². The fourth-order valence-corrected chi connectivity index (χ4v) is 2.73. The van der Waals surface area contributed by atoms with E-state index in [1.54, 1.807) is 0 Å². The third-order valence-electron chi connectivity index (χ3n) is 3.64. The van der Waals surface area contributed by atoms with Crippen molar-refractivity contribution in [3.63, 3.8) is 0 Å². The van der Waals surface area contributed by atoms with Gasteiger partial charge in [-0.2, -0.15) is 0 Å². The molecular weight excluding hydrogens is 148 g/mol. The van der Waals surface area contributed by atoms with Crippen LogP contribution in [-0.4, -0.2) is 26.7 Å². The summed E-state index contributed by atoms with van der Waals surface area (Å²) in [6, 6.07) is 0. The summed E-state index contributed by atoms with van der Waals surface area (Å²) in [6.07, 6.45) is 5.75. The van der Waals surface area contributed by atoms with E-state index in [9.17, 15) is 0 Å². The SMILES string of the molecule is CNCC1CC12CCCNCC2. The lowest BCUT2D eigenvalue weighted by molar-refractivity contribution is 0.399. The number of rotatable bonds is 2. The molecule has 2 N–H and O–H groups in total. The maximum atomic E-state index is 3.49. The van der Waals surface area contributed by atoms with Crippen LogP contribution in [0.2, 0.25) is 0 Å². The minimum absolute atomic E-state index is 0.756. The van der Waals surface area contributed by atoms with Gasteiger partial charge in [0.25, 0.3) is 0 Å². The van der Waals surface area contributed by atoms with E-state index in [4.69, 9.17) is 0 Å². The molecule has 1 spiro atoms. The Balaban J connectivity index is 1.86. The maximum absolute atomic E-state index is 3.49. The van der Waals surface area contributed by atoms with Crippen molar-refractivity contribution >= 4 is 0 Å². The maximum Gasteiger partial charge on any atom is -0.00180 e. The van der Waals surface area contributed by atoms with Gasteiger partial charge in [-0.15, -0.1) is 0 Å². The quantitative estimate of drug-likeness (QED) is 0.642. The van der Waals surface area contributed by atoms with Crippen LogP contribution in [-0.2, 0) is 0 Å². The summed E-state index contributed by atoms with van der Waals surface area (Å²) in [4.78, 5) is 0. The Bertz CT molecular complexity index is 148. The van der Waals surface area contributed by atoms with E-state index in [0.717, 1.165) is 11.3 Å². The third kappa shape index (κ3) is 1.50. The fraction of sp³-hybridized carbons (Fsp3) is 1.00. The zero-order valence-corrected chi connectivity index (χ0v) is 8.03. The molecule has 0 aromatic rings. The molecule has 2 rings (SSSR count). The first-order valence-corrected chi connectivity index (χ1v) is 5.23. The Kier molecular flexibility index (Phi) is 2.37. The average Bonchev–Trinajstić information content (AvgIpc) is 2.79. The van der Waals surface area contributed by atoms with Crippen molar-refractivity contribution in [1.82, 2.24) is 10.6 Å². The molecule has 2 heteroatoms. The number of nitrogens with one attached hydrogen (secondary N) is 2. The third-order valence-corrected chi connectivity index (χ3v) is 3.64. The summed E-state index contributed by atoms with van der Waals surface area (Å²) in [5.41, 5.74) is 0.756. The lowest BCUT2D eigenvalue weighted by Gasteiger charge is -2.12. The van der Waals surface area contributed by atoms with Gasteiger partial charge in [0.2, 0.25) is 0 Å². The van der Waals surface area contributed by atoms with E-state index in [1.165, 1.54) is 45.3 Å². The summed E-state index contributed by atoms with van der Waals surface area (Å²) >= 11 is 0. The first kappa shape index (κ1) is 8.52. The van der Waals surface area contributed by atoms with Crippen LogP contribution in [0.1, 0.15) is 25.7 Å². The molecule has 0 bridgehead atoms. The van der Waals surface area contributed by atoms with E-state index in [1.807, 2.05) is 0 Å². The molecule has 2 aliphatic rings. The summed E-state index contributed by atoms with van der Waals surface area (Å²) in [7, 11) is 2.07. The highest BCUT2D eigenvalue weighted by molar-refractivity contribution is 5.03. The van der Waals surface area contributed by atoms with Gasteiger partial charge in [0.1, 0.15) is 0 Å². The molecule has 1 saturated carbocycles. The lowest BCUT2D eigenvalue weighted by atomic mass is 9.94. The van der Waals surface area contributed by atoms with Crippen LogP contribution >= 0.6 is 0 Å². The highest BCUT2D eigenvalue weighted by Gasteiger charge is 2.52. The highest BCUT2D eigenvalue weighted by atomic mass is 14.9. The molecule has 0 aromatic carbocycles. The van der Waals surface area contributed by atoms with E-state index in [2.05, 4.69) is 17.7 Å². The zero-order valence-electron chi connectivity index (χ0n) is 8.03. The number of hydrogen-bond donors (Lipinski definition) is 2. The molecule has 12 heavy (non-hydrogen) atoms. The predicted molar refractivity (Wildman–Crippen MR) is 51.2 cm³/mol. The van der Waals surface area contributed by atoms with Crippen LogP contribution in [0.4, 0.5) is 0 Å². The standard InChI is InChI=1S/C10H20N2/c1-11-8-9-7-10(9)3-2-5-12-6-4-10/h9,11-12H,2-8H2,1H3. The molecule has 2 unspecified atom stereocenters. The summed E-state index contributed by atoms with van der Waals surface area (Å²) in [5.74, 6) is 0.988. The molecule has 1 saturated heterocycles. The molecule has 0 aromatic heterocycles. The lowest BCUT2D eigenvalue weighted by Crippen LogP contribution is -2.17. The van der Waals surface area contributed by atoms with Crippen LogP contribution in [0.3, 0.4) is 0 Å². The van der Waals surface area contributed by atoms with Crippen molar-refractivity contribution < 1.29 is 0 Å². The molecule has 2 fully saturated rings. The van der Waals surface area contributed by atoms with Crippen molar-refractivity contribution in [3.05, 3.63) is 0 Å². The van der Waals surface area contributed by atoms with Crippen molar-refractivity contribution in [2.75, 3.05) is 26.7 Å². The second kappa shape index (κ2) is 3.35. The van der Waals surface area contributed by atoms with E-state index >= 15 is 0 Å². The topological polar surface area (TPSA) is 24.1 Å². The van der Waals surface area contributed by atoms with Crippen molar-refractivity contribution in [2.24, 2.45) is 11.3 Å². The fourth-order valence-electron chi connectivity index (χ4n) is 2.73. The second-order valence-corrected chi connectivity index (χ2v) is 4.42. The second-order valence-electron chi connectivity index (χ2n) is 4.42. The Labute approximate surface area is 75.1 Å². The average molecular weight is 168 g/mol. The normalized spacial score (nSPS) is 41.2. The largest absolute Gasteiger partial charge is 0.319 e. The Morgan fingerprint density at radius 1 is 1.42 bits per heavy atom. The molecule has 2 nitrogen and oxygen atoms in total. The highest BCUT2D eigenvalue weighted by Crippen LogP contribution is 2.58. The van der Waals surface area contributed by atoms with Crippen LogP contribution < -0.4 is 10.6 Å². The minimum Gasteiger partial charge on any atom is -0.319 e. The van der Waals surface area contributed by atoms with Gasteiger partial charge < -0.3 is 10.6 Å². The Morgan fingerprint density at radius 2 is 2.33 bits per heavy atom. The summed E-state index contributed by atoms with van der Waals surface area (Å²) in [6.45, 7) is 3.73. The number of hydrogen-bond acceptors (Lipinski definition) is 2. The van der Waals surface area contributed by atoms with Gasteiger partial charge in [0, 0.05) is 0 Å². The molecule has 1 heterocycles. The molecule has 1 aliphatic heterocycles. The van der Waals surface area contributed by atoms with E-state index < -0.39 is 0 Å². The zero-order chi connectivity index (χ0) is 8.44. The molecule has 1 aliphatic carbocycles. The molecule has 0 radical (unpaired) electrons. The Morgan fingerprint density at radius 3 is 3.17 bits per heavy atom. The van der Waals surface area contributed by atoms with Crippen LogP contribution in [0.15, 0.2) is 0 Å². The molecule has 2 atom stereocenters. The molecular formula is C10H20N2. The van der Waals surface area contributed by atoms with Crippen LogP contribution in [0.25, 0.3) is 0 Å². The van der Waals surface area contributed by atoms with Gasteiger partial charge in [0.05, 0.1) is 0 Å². The monoisotopic (exact) mass is 168 g/mol. The van der Waals surface area contributed by atoms with Crippen LogP contribution in [0.5, 0.6) is 0 Å². The first-order chi connectivity index (χ1) is 5.87. The van der Waals surface area contributed by atoms with Gasteiger partial charge >= 0.3 is 0 Å². The van der Waals surface area contributed by atoms with Crippen LogP contribution in [0, 0.1) is 11.3 Å². The van der Waals surface area contributed by atoms with Gasteiger partial charge in [0.15, 0.2) is 0 Å².